The van der Waals surface area contributed by atoms with Crippen LogP contribution in [0.15, 0.2) is 71.7 Å². The molecule has 1 aliphatic heterocycles. The molecule has 0 saturated carbocycles. The highest BCUT2D eigenvalue weighted by atomic mass is 35.5. The quantitative estimate of drug-likeness (QED) is 0.553. The van der Waals surface area contributed by atoms with Crippen LogP contribution in [-0.4, -0.2) is 33.9 Å². The second kappa shape index (κ2) is 8.46. The molecule has 1 atom stereocenters. The third-order valence-corrected chi connectivity index (χ3v) is 6.66. The van der Waals surface area contributed by atoms with Crippen LogP contribution in [0.5, 0.6) is 0 Å². The van der Waals surface area contributed by atoms with Crippen LogP contribution in [0.1, 0.15) is 23.1 Å². The average molecular weight is 477 g/mol. The molecule has 0 radical (unpaired) electrons. The molecule has 172 valence electrons. The van der Waals surface area contributed by atoms with Crippen LogP contribution in [0.4, 0.5) is 10.5 Å². The number of anilines is 1. The maximum Gasteiger partial charge on any atom is 0.325 e. The number of fused-ring (bicyclic) bond motifs is 2. The number of halogens is 1. The summed E-state index contributed by atoms with van der Waals surface area (Å²) >= 11 is 6.20. The molecule has 5 rings (SSSR count). The largest absolute Gasteiger partial charge is 0.325 e. The number of urea groups is 1. The molecule has 1 spiro atoms. The van der Waals surface area contributed by atoms with Crippen molar-refractivity contribution in [2.24, 2.45) is 0 Å². The van der Waals surface area contributed by atoms with E-state index in [0.717, 1.165) is 21.6 Å². The molecule has 1 unspecified atom stereocenters. The lowest BCUT2D eigenvalue weighted by Gasteiger charge is -2.22. The first-order valence-corrected chi connectivity index (χ1v) is 11.2. The zero-order chi connectivity index (χ0) is 23.9. The number of pyridine rings is 1. The summed E-state index contributed by atoms with van der Waals surface area (Å²) in [7, 11) is 0. The van der Waals surface area contributed by atoms with Gasteiger partial charge in [0.1, 0.15) is 12.1 Å². The summed E-state index contributed by atoms with van der Waals surface area (Å²) in [5, 5.41) is 6.01. The Morgan fingerprint density at radius 2 is 1.79 bits per heavy atom. The summed E-state index contributed by atoms with van der Waals surface area (Å²) in [6.45, 7) is -0.199. The van der Waals surface area contributed by atoms with Crippen molar-refractivity contribution in [1.82, 2.24) is 14.8 Å². The predicted octanol–water partition coefficient (Wildman–Crippen LogP) is 2.88. The highest BCUT2D eigenvalue weighted by Crippen LogP contribution is 2.41. The maximum absolute atomic E-state index is 13.2. The fourth-order valence-corrected chi connectivity index (χ4v) is 4.81. The molecule has 4 amide bonds. The molecule has 1 aliphatic carbocycles. The zero-order valence-corrected chi connectivity index (χ0v) is 18.8. The van der Waals surface area contributed by atoms with Gasteiger partial charge in [-0.25, -0.2) is 4.79 Å². The van der Waals surface area contributed by atoms with Crippen molar-refractivity contribution >= 4 is 35.1 Å². The van der Waals surface area contributed by atoms with Crippen LogP contribution in [0.25, 0.3) is 0 Å². The van der Waals surface area contributed by atoms with E-state index in [0.29, 0.717) is 23.6 Å². The Morgan fingerprint density at radius 1 is 1.03 bits per heavy atom. The normalized spacial score (nSPS) is 18.8. The Morgan fingerprint density at radius 3 is 2.62 bits per heavy atom. The molecule has 0 bridgehead atoms. The number of hydrogen-bond donors (Lipinski definition) is 2. The molecular formula is C25H21ClN4O4. The summed E-state index contributed by atoms with van der Waals surface area (Å²) in [5.41, 5.74) is 1.55. The number of aromatic nitrogens is 1. The number of carbonyl (C=O) groups excluding carboxylic acids is 3. The minimum Gasteiger partial charge on any atom is -0.323 e. The molecule has 1 fully saturated rings. The maximum atomic E-state index is 13.2. The number of nitrogens with one attached hydrogen (secondary N) is 2. The number of rotatable bonds is 5. The lowest BCUT2D eigenvalue weighted by atomic mass is 9.92. The summed E-state index contributed by atoms with van der Waals surface area (Å²) in [4.78, 5) is 51.8. The van der Waals surface area contributed by atoms with E-state index >= 15 is 0 Å². The van der Waals surface area contributed by atoms with Gasteiger partial charge in [-0.1, -0.05) is 54.1 Å². The van der Waals surface area contributed by atoms with Crippen LogP contribution < -0.4 is 16.2 Å². The van der Waals surface area contributed by atoms with E-state index in [1.165, 1.54) is 22.9 Å². The molecule has 1 aromatic heterocycles. The number of hydrogen-bond acceptors (Lipinski definition) is 4. The first-order valence-electron chi connectivity index (χ1n) is 10.8. The van der Waals surface area contributed by atoms with Gasteiger partial charge in [0.2, 0.25) is 5.91 Å². The lowest BCUT2D eigenvalue weighted by molar-refractivity contribution is -0.134. The van der Waals surface area contributed by atoms with Crippen LogP contribution in [0.3, 0.4) is 0 Å². The minimum atomic E-state index is -1.11. The fourth-order valence-electron chi connectivity index (χ4n) is 4.62. The fraction of sp³-hybridized carbons (Fsp3) is 0.200. The van der Waals surface area contributed by atoms with Gasteiger partial charge in [0.05, 0.1) is 12.2 Å². The Hall–Kier alpha value is -3.91. The number of benzene rings is 2. The van der Waals surface area contributed by atoms with Crippen molar-refractivity contribution in [2.45, 2.75) is 24.9 Å². The van der Waals surface area contributed by atoms with Gasteiger partial charge in [0, 0.05) is 17.3 Å². The standard InChI is InChI=1S/C25H21ClN4O4/c26-20-8-4-2-6-17(20)13-29-14-18(9-10-22(29)32)27-21(31)15-30-23(33)25(28-24(30)34)12-11-16-5-1-3-7-19(16)25/h1-10,14H,11-13,15H2,(H,27,31)(H,28,34). The summed E-state index contributed by atoms with van der Waals surface area (Å²) in [6, 6.07) is 16.9. The molecule has 34 heavy (non-hydrogen) atoms. The molecule has 2 aromatic carbocycles. The minimum absolute atomic E-state index is 0.233. The average Bonchev–Trinajstić information content (AvgIpc) is 3.30. The SMILES string of the molecule is O=C(CN1C(=O)NC2(CCc3ccccc32)C1=O)Nc1ccc(=O)n(Cc2ccccc2Cl)c1. The topological polar surface area (TPSA) is 101 Å². The Labute approximate surface area is 200 Å². The van der Waals surface area contributed by atoms with Crippen LogP contribution >= 0.6 is 11.6 Å². The smallest absolute Gasteiger partial charge is 0.323 e. The summed E-state index contributed by atoms with van der Waals surface area (Å²) in [5.74, 6) is -0.976. The van der Waals surface area contributed by atoms with E-state index in [2.05, 4.69) is 10.6 Å². The van der Waals surface area contributed by atoms with Crippen molar-refractivity contribution in [1.29, 1.82) is 0 Å². The third-order valence-electron chi connectivity index (χ3n) is 6.29. The number of carbonyl (C=O) groups is 3. The molecule has 8 nitrogen and oxygen atoms in total. The van der Waals surface area contributed by atoms with E-state index in [-0.39, 0.29) is 12.1 Å². The Kier molecular flexibility index (Phi) is 5.45. The van der Waals surface area contributed by atoms with Gasteiger partial charge in [0.25, 0.3) is 11.5 Å². The number of nitrogens with zero attached hydrogens (tertiary/aromatic N) is 2. The van der Waals surface area contributed by atoms with Gasteiger partial charge in [-0.3, -0.25) is 19.3 Å². The van der Waals surface area contributed by atoms with Crippen molar-refractivity contribution in [3.05, 3.63) is 98.9 Å². The van der Waals surface area contributed by atoms with Crippen LogP contribution in [-0.2, 0) is 28.1 Å². The molecule has 9 heteroatoms. The van der Waals surface area contributed by atoms with Gasteiger partial charge >= 0.3 is 6.03 Å². The van der Waals surface area contributed by atoms with Crippen molar-refractivity contribution in [3.63, 3.8) is 0 Å². The molecule has 2 aliphatic rings. The third kappa shape index (κ3) is 3.76. The van der Waals surface area contributed by atoms with Gasteiger partial charge in [0.15, 0.2) is 0 Å². The Balaban J connectivity index is 1.31. The highest BCUT2D eigenvalue weighted by Gasteiger charge is 2.55. The first-order chi connectivity index (χ1) is 16.4. The molecule has 2 heterocycles. The number of aryl methyl sites for hydroxylation is 1. The molecular weight excluding hydrogens is 456 g/mol. The summed E-state index contributed by atoms with van der Waals surface area (Å²) in [6.07, 6.45) is 2.64. The van der Waals surface area contributed by atoms with Crippen molar-refractivity contribution in [2.75, 3.05) is 11.9 Å². The molecule has 1 saturated heterocycles. The van der Waals surface area contributed by atoms with Gasteiger partial charge < -0.3 is 15.2 Å². The predicted molar refractivity (Wildman–Crippen MR) is 127 cm³/mol. The monoisotopic (exact) mass is 476 g/mol. The van der Waals surface area contributed by atoms with Crippen molar-refractivity contribution < 1.29 is 14.4 Å². The van der Waals surface area contributed by atoms with E-state index < -0.39 is 29.9 Å². The molecule has 2 N–H and O–H groups in total. The van der Waals surface area contributed by atoms with E-state index in [1.807, 2.05) is 36.4 Å². The first kappa shape index (κ1) is 21.9. The van der Waals surface area contributed by atoms with E-state index in [9.17, 15) is 19.2 Å². The second-order valence-corrected chi connectivity index (χ2v) is 8.81. The zero-order valence-electron chi connectivity index (χ0n) is 18.1. The second-order valence-electron chi connectivity index (χ2n) is 8.41. The summed E-state index contributed by atoms with van der Waals surface area (Å²) < 4.78 is 1.43. The highest BCUT2D eigenvalue weighted by molar-refractivity contribution is 6.31. The number of imide groups is 1. The number of amides is 4. The van der Waals surface area contributed by atoms with Crippen molar-refractivity contribution in [3.8, 4) is 0 Å². The van der Waals surface area contributed by atoms with Crippen LogP contribution in [0.2, 0.25) is 5.02 Å². The van der Waals surface area contributed by atoms with Crippen LogP contribution in [0, 0.1) is 0 Å². The van der Waals surface area contributed by atoms with Gasteiger partial charge in [-0.15, -0.1) is 0 Å². The Bertz CT molecular complexity index is 1390. The van der Waals surface area contributed by atoms with Gasteiger partial charge in [-0.05, 0) is 41.7 Å². The molecule has 3 aromatic rings. The lowest BCUT2D eigenvalue weighted by Crippen LogP contribution is -2.43. The van der Waals surface area contributed by atoms with E-state index in [4.69, 9.17) is 11.6 Å². The van der Waals surface area contributed by atoms with Gasteiger partial charge in [-0.2, -0.15) is 0 Å². The van der Waals surface area contributed by atoms with E-state index in [1.54, 1.807) is 12.1 Å².